The third-order valence-corrected chi connectivity index (χ3v) is 7.50. The van der Waals surface area contributed by atoms with Crippen LogP contribution in [0.1, 0.15) is 44.2 Å². The van der Waals surface area contributed by atoms with Crippen LogP contribution in [0.3, 0.4) is 0 Å². The number of ether oxygens (including phenoxy) is 1. The lowest BCUT2D eigenvalue weighted by atomic mass is 9.69. The molecule has 0 amide bonds. The first kappa shape index (κ1) is 22.2. The Morgan fingerprint density at radius 1 is 1.00 bits per heavy atom. The van der Waals surface area contributed by atoms with Crippen molar-refractivity contribution < 1.29 is 4.74 Å². The van der Waals surface area contributed by atoms with Gasteiger partial charge in [-0.1, -0.05) is 42.8 Å². The topological polar surface area (TPSA) is 47.4 Å². The molecule has 5 rings (SSSR count). The van der Waals surface area contributed by atoms with Gasteiger partial charge in [0, 0.05) is 35.4 Å². The number of anilines is 1. The largest absolute Gasteiger partial charge is 0.378 e. The zero-order chi connectivity index (χ0) is 22.8. The molecule has 5 nitrogen and oxygen atoms in total. The maximum Gasteiger partial charge on any atom is 0.267 e. The second-order valence-electron chi connectivity index (χ2n) is 9.45. The fourth-order valence-corrected chi connectivity index (χ4v) is 5.35. The second-order valence-corrected chi connectivity index (χ2v) is 9.89. The van der Waals surface area contributed by atoms with E-state index in [1.807, 2.05) is 18.2 Å². The minimum Gasteiger partial charge on any atom is -0.378 e. The Balaban J connectivity index is 1.36. The maximum absolute atomic E-state index is 12.8. The molecule has 6 heteroatoms. The van der Waals surface area contributed by atoms with Crippen LogP contribution < -0.4 is 10.5 Å². The molecule has 33 heavy (non-hydrogen) atoms. The van der Waals surface area contributed by atoms with Gasteiger partial charge in [-0.05, 0) is 67.0 Å². The summed E-state index contributed by atoms with van der Waals surface area (Å²) in [4.78, 5) is 15.1. The summed E-state index contributed by atoms with van der Waals surface area (Å²) in [5.74, 6) is 0. The zero-order valence-electron chi connectivity index (χ0n) is 19.0. The molecule has 0 N–H and O–H groups in total. The molecule has 2 heterocycles. The van der Waals surface area contributed by atoms with E-state index in [4.69, 9.17) is 21.4 Å². The van der Waals surface area contributed by atoms with Crippen molar-refractivity contribution in [2.45, 2.75) is 44.1 Å². The summed E-state index contributed by atoms with van der Waals surface area (Å²) in [5, 5.41) is 5.61. The van der Waals surface area contributed by atoms with Gasteiger partial charge in [-0.3, -0.25) is 4.79 Å². The molecule has 0 atom stereocenters. The molecule has 1 saturated carbocycles. The Bertz CT molecular complexity index is 1180. The van der Waals surface area contributed by atoms with Crippen LogP contribution in [0.5, 0.6) is 0 Å². The Kier molecular flexibility index (Phi) is 6.26. The van der Waals surface area contributed by atoms with Gasteiger partial charge in [-0.2, -0.15) is 5.10 Å². The van der Waals surface area contributed by atoms with Gasteiger partial charge in [-0.15, -0.1) is 0 Å². The molecule has 1 saturated heterocycles. The lowest BCUT2D eigenvalue weighted by Gasteiger charge is -2.38. The molecule has 0 spiro atoms. The summed E-state index contributed by atoms with van der Waals surface area (Å²) in [6.45, 7) is 5.60. The van der Waals surface area contributed by atoms with E-state index in [0.29, 0.717) is 0 Å². The lowest BCUT2D eigenvalue weighted by Crippen LogP contribution is -2.36. The predicted octanol–water partition coefficient (Wildman–Crippen LogP) is 5.47. The second kappa shape index (κ2) is 9.32. The van der Waals surface area contributed by atoms with Crippen LogP contribution >= 0.6 is 11.6 Å². The number of rotatable bonds is 4. The number of benzene rings is 2. The van der Waals surface area contributed by atoms with E-state index in [1.54, 1.807) is 10.7 Å². The average molecular weight is 464 g/mol. The van der Waals surface area contributed by atoms with Gasteiger partial charge in [-0.25, -0.2) is 4.68 Å². The van der Waals surface area contributed by atoms with Crippen LogP contribution in [-0.4, -0.2) is 36.1 Å². The molecule has 1 aliphatic heterocycles. The highest BCUT2D eigenvalue weighted by atomic mass is 35.5. The summed E-state index contributed by atoms with van der Waals surface area (Å²) >= 11 is 6.24. The van der Waals surface area contributed by atoms with Crippen LogP contribution in [-0.2, 0) is 10.2 Å². The van der Waals surface area contributed by atoms with Crippen molar-refractivity contribution in [3.63, 3.8) is 0 Å². The molecule has 172 valence electrons. The number of nitrogens with zero attached hydrogens (tertiary/aromatic N) is 3. The monoisotopic (exact) mass is 463 g/mol. The quantitative estimate of drug-likeness (QED) is 0.514. The molecule has 1 aliphatic carbocycles. The van der Waals surface area contributed by atoms with Gasteiger partial charge >= 0.3 is 0 Å². The van der Waals surface area contributed by atoms with E-state index in [0.717, 1.165) is 68.3 Å². The van der Waals surface area contributed by atoms with Crippen molar-refractivity contribution in [1.82, 2.24) is 9.78 Å². The molecule has 1 aromatic heterocycles. The van der Waals surface area contributed by atoms with E-state index >= 15 is 0 Å². The molecule has 3 aromatic rings. The smallest absolute Gasteiger partial charge is 0.267 e. The Labute approximate surface area is 200 Å². The van der Waals surface area contributed by atoms with Crippen LogP contribution in [0.2, 0.25) is 5.02 Å². The maximum atomic E-state index is 12.8. The lowest BCUT2D eigenvalue weighted by molar-refractivity contribution is 0.122. The third kappa shape index (κ3) is 4.71. The molecule has 2 fully saturated rings. The molecule has 0 bridgehead atoms. The number of hydrogen-bond acceptors (Lipinski definition) is 4. The van der Waals surface area contributed by atoms with E-state index < -0.39 is 0 Å². The number of hydrogen-bond donors (Lipinski definition) is 0. The molecule has 0 unspecified atom stereocenters. The Hall–Kier alpha value is -2.63. The van der Waals surface area contributed by atoms with E-state index in [-0.39, 0.29) is 17.0 Å². The number of morpholine rings is 1. The van der Waals surface area contributed by atoms with Gasteiger partial charge in [0.05, 0.1) is 24.9 Å². The fourth-order valence-electron chi connectivity index (χ4n) is 5.16. The molecular formula is C27H30ClN3O2. The highest BCUT2D eigenvalue weighted by molar-refractivity contribution is 6.30. The Morgan fingerprint density at radius 3 is 2.52 bits per heavy atom. The van der Waals surface area contributed by atoms with Crippen molar-refractivity contribution >= 4 is 17.3 Å². The van der Waals surface area contributed by atoms with Gasteiger partial charge in [0.2, 0.25) is 0 Å². The number of aromatic nitrogens is 2. The Morgan fingerprint density at radius 2 is 1.76 bits per heavy atom. The standard InChI is InChI=1S/C27H30ClN3O2/c1-27(21-5-3-6-22(28)19-21)12-10-23(11-13-27)31-26(32)9-8-25(29-31)20-4-2-7-24(18-20)30-14-16-33-17-15-30/h2-9,18-19,23H,10-17H2,1H3/t23-,27-. The summed E-state index contributed by atoms with van der Waals surface area (Å²) in [6.07, 6.45) is 3.85. The first-order valence-corrected chi connectivity index (χ1v) is 12.2. The van der Waals surface area contributed by atoms with Gasteiger partial charge in [0.25, 0.3) is 5.56 Å². The first-order chi connectivity index (χ1) is 16.0. The fraction of sp³-hybridized carbons (Fsp3) is 0.407. The van der Waals surface area contributed by atoms with Crippen LogP contribution in [0.15, 0.2) is 65.5 Å². The summed E-state index contributed by atoms with van der Waals surface area (Å²) in [6, 6.07) is 20.2. The first-order valence-electron chi connectivity index (χ1n) is 11.8. The SMILES string of the molecule is C[C@]1(c2cccc(Cl)c2)CC[C@H](n2nc(-c3cccc(N4CCOCC4)c3)ccc2=O)CC1. The van der Waals surface area contributed by atoms with E-state index in [1.165, 1.54) is 11.3 Å². The van der Waals surface area contributed by atoms with Gasteiger partial charge in [0.15, 0.2) is 0 Å². The van der Waals surface area contributed by atoms with Crippen molar-refractivity contribution in [2.24, 2.45) is 0 Å². The van der Waals surface area contributed by atoms with Crippen LogP contribution in [0, 0.1) is 0 Å². The summed E-state index contributed by atoms with van der Waals surface area (Å²) in [7, 11) is 0. The summed E-state index contributed by atoms with van der Waals surface area (Å²) in [5.41, 5.74) is 4.38. The van der Waals surface area contributed by atoms with E-state index in [2.05, 4.69) is 48.2 Å². The van der Waals surface area contributed by atoms with Crippen LogP contribution in [0.4, 0.5) is 5.69 Å². The highest BCUT2D eigenvalue weighted by Crippen LogP contribution is 2.43. The van der Waals surface area contributed by atoms with Crippen molar-refractivity contribution in [3.05, 3.63) is 81.6 Å². The van der Waals surface area contributed by atoms with Gasteiger partial charge in [0.1, 0.15) is 0 Å². The minimum absolute atomic E-state index is 0.0283. The van der Waals surface area contributed by atoms with Crippen LogP contribution in [0.25, 0.3) is 11.3 Å². The molecule has 0 radical (unpaired) electrons. The van der Waals surface area contributed by atoms with Gasteiger partial charge < -0.3 is 9.64 Å². The van der Waals surface area contributed by atoms with Crippen molar-refractivity contribution in [2.75, 3.05) is 31.2 Å². The molecular weight excluding hydrogens is 434 g/mol. The zero-order valence-corrected chi connectivity index (χ0v) is 19.8. The van der Waals surface area contributed by atoms with E-state index in [9.17, 15) is 4.79 Å². The molecule has 2 aliphatic rings. The minimum atomic E-state index is -0.0283. The number of halogens is 1. The third-order valence-electron chi connectivity index (χ3n) is 7.27. The predicted molar refractivity (Wildman–Crippen MR) is 133 cm³/mol. The molecule has 2 aromatic carbocycles. The van der Waals surface area contributed by atoms with Crippen molar-refractivity contribution in [1.29, 1.82) is 0 Å². The summed E-state index contributed by atoms with van der Waals surface area (Å²) < 4.78 is 7.20. The van der Waals surface area contributed by atoms with Crippen molar-refractivity contribution in [3.8, 4) is 11.3 Å². The highest BCUT2D eigenvalue weighted by Gasteiger charge is 2.34. The average Bonchev–Trinajstić information content (AvgIpc) is 2.86. The normalized spacial score (nSPS) is 23.5.